The number of ether oxygens (including phenoxy) is 1. The average molecular weight is 689 g/mol. The molecule has 0 atom stereocenters. The summed E-state index contributed by atoms with van der Waals surface area (Å²) in [7, 11) is -7.96. The molecule has 0 saturated heterocycles. The minimum absolute atomic E-state index is 0.0112. The Kier molecular flexibility index (Phi) is 9.78. The number of sulfonamides is 1. The molecule has 14 heteroatoms. The van der Waals surface area contributed by atoms with Gasteiger partial charge in [0.05, 0.1) is 22.1 Å². The highest BCUT2D eigenvalue weighted by atomic mass is 35.5. The van der Waals surface area contributed by atoms with Gasteiger partial charge in [0.15, 0.2) is 15.7 Å². The van der Waals surface area contributed by atoms with Crippen molar-refractivity contribution in [3.8, 4) is 11.5 Å². The van der Waals surface area contributed by atoms with Crippen molar-refractivity contribution in [2.75, 3.05) is 17.5 Å². The van der Waals surface area contributed by atoms with Gasteiger partial charge in [0.25, 0.3) is 15.9 Å². The Hall–Kier alpha value is -3.97. The number of aromatic nitrogens is 2. The lowest BCUT2D eigenvalue weighted by molar-refractivity contribution is -0.141. The monoisotopic (exact) mass is 687 g/mol. The highest BCUT2D eigenvalue weighted by Gasteiger charge is 2.29. The standard InChI is InChI=1S/C31H27Cl2N3O7S2/c1-2-3-13-42-30(37)19-36(45(40,41)28-17-24(32)16-25(33)18-28)26-12-11-21-14-23(10-9-22(21)15-26)31-34-29(35-43-31)20-44(38,39)27-7-5-4-6-8-27/h4-12,14-18H,2-3,13,19-20H2,1H3. The van der Waals surface area contributed by atoms with E-state index >= 15 is 0 Å². The van der Waals surface area contributed by atoms with Crippen LogP contribution in [0.15, 0.2) is 99.2 Å². The van der Waals surface area contributed by atoms with Crippen LogP contribution in [-0.4, -0.2) is 46.1 Å². The Morgan fingerprint density at radius 3 is 2.27 bits per heavy atom. The zero-order valence-electron chi connectivity index (χ0n) is 23.9. The number of halogens is 2. The van der Waals surface area contributed by atoms with Gasteiger partial charge in [0.1, 0.15) is 12.3 Å². The van der Waals surface area contributed by atoms with Crippen molar-refractivity contribution in [3.63, 3.8) is 0 Å². The predicted molar refractivity (Wildman–Crippen MR) is 171 cm³/mol. The number of rotatable bonds is 12. The summed E-state index contributed by atoms with van der Waals surface area (Å²) >= 11 is 12.2. The maximum atomic E-state index is 13.8. The molecular formula is C31H27Cl2N3O7S2. The van der Waals surface area contributed by atoms with E-state index in [2.05, 4.69) is 10.1 Å². The van der Waals surface area contributed by atoms with Crippen molar-refractivity contribution in [1.82, 2.24) is 10.1 Å². The fourth-order valence-corrected chi connectivity index (χ4v) is 7.77. The van der Waals surface area contributed by atoms with E-state index in [9.17, 15) is 21.6 Å². The van der Waals surface area contributed by atoms with Gasteiger partial charge < -0.3 is 9.26 Å². The number of hydrogen-bond donors (Lipinski definition) is 0. The van der Waals surface area contributed by atoms with Crippen LogP contribution in [0.25, 0.3) is 22.2 Å². The minimum atomic E-state index is -4.30. The third-order valence-electron chi connectivity index (χ3n) is 6.71. The Balaban J connectivity index is 1.44. The molecule has 10 nitrogen and oxygen atoms in total. The highest BCUT2D eigenvalue weighted by Crippen LogP contribution is 2.32. The van der Waals surface area contributed by atoms with Crippen LogP contribution in [0, 0.1) is 0 Å². The first kappa shape index (κ1) is 32.4. The van der Waals surface area contributed by atoms with Crippen LogP contribution < -0.4 is 4.31 Å². The maximum Gasteiger partial charge on any atom is 0.326 e. The summed E-state index contributed by atoms with van der Waals surface area (Å²) in [5.41, 5.74) is 0.744. The maximum absolute atomic E-state index is 13.8. The first-order valence-corrected chi connectivity index (χ1v) is 17.6. The largest absolute Gasteiger partial charge is 0.464 e. The molecule has 0 radical (unpaired) electrons. The molecule has 0 N–H and O–H groups in total. The molecule has 5 aromatic rings. The fraction of sp³-hybridized carbons (Fsp3) is 0.194. The SMILES string of the molecule is CCCCOC(=O)CN(c1ccc2cc(-c3nc(CS(=O)(=O)c4ccccc4)no3)ccc2c1)S(=O)(=O)c1cc(Cl)cc(Cl)c1. The summed E-state index contributed by atoms with van der Waals surface area (Å²) in [5.74, 6) is -1.01. The molecule has 5 rings (SSSR count). The Morgan fingerprint density at radius 2 is 1.56 bits per heavy atom. The van der Waals surface area contributed by atoms with Gasteiger partial charge in [-0.2, -0.15) is 4.98 Å². The van der Waals surface area contributed by atoms with E-state index in [-0.39, 0.29) is 43.8 Å². The van der Waals surface area contributed by atoms with Gasteiger partial charge in [-0.05, 0) is 71.8 Å². The van der Waals surface area contributed by atoms with Gasteiger partial charge in [-0.25, -0.2) is 16.8 Å². The summed E-state index contributed by atoms with van der Waals surface area (Å²) in [6.07, 6.45) is 1.45. The topological polar surface area (TPSA) is 137 Å². The van der Waals surface area contributed by atoms with Crippen LogP contribution in [0.4, 0.5) is 5.69 Å². The lowest BCUT2D eigenvalue weighted by Crippen LogP contribution is -2.36. The smallest absolute Gasteiger partial charge is 0.326 e. The number of esters is 1. The van der Waals surface area contributed by atoms with E-state index in [1.54, 1.807) is 54.6 Å². The average Bonchev–Trinajstić information content (AvgIpc) is 3.47. The molecule has 0 spiro atoms. The molecule has 0 unspecified atom stereocenters. The van der Waals surface area contributed by atoms with Crippen molar-refractivity contribution in [3.05, 3.63) is 101 Å². The lowest BCUT2D eigenvalue weighted by Gasteiger charge is -2.24. The number of benzene rings is 4. The number of anilines is 1. The van der Waals surface area contributed by atoms with E-state index in [1.807, 2.05) is 6.92 Å². The second-order valence-corrected chi connectivity index (χ2v) is 14.7. The summed E-state index contributed by atoms with van der Waals surface area (Å²) in [4.78, 5) is 16.9. The van der Waals surface area contributed by atoms with Crippen LogP contribution in [-0.2, 0) is 35.1 Å². The van der Waals surface area contributed by atoms with E-state index in [1.165, 1.54) is 30.3 Å². The molecule has 234 valence electrons. The van der Waals surface area contributed by atoms with E-state index < -0.39 is 38.1 Å². The van der Waals surface area contributed by atoms with Crippen LogP contribution in [0.3, 0.4) is 0 Å². The third-order valence-corrected chi connectivity index (χ3v) is 10.5. The second-order valence-electron chi connectivity index (χ2n) is 10.0. The second kappa shape index (κ2) is 13.6. The molecular weight excluding hydrogens is 661 g/mol. The first-order valence-electron chi connectivity index (χ1n) is 13.8. The van der Waals surface area contributed by atoms with Gasteiger partial charge in [0, 0.05) is 15.6 Å². The Bertz CT molecular complexity index is 2050. The van der Waals surface area contributed by atoms with Gasteiger partial charge in [-0.3, -0.25) is 9.10 Å². The van der Waals surface area contributed by atoms with Crippen molar-refractivity contribution < 1.29 is 30.9 Å². The molecule has 45 heavy (non-hydrogen) atoms. The highest BCUT2D eigenvalue weighted by molar-refractivity contribution is 7.93. The molecule has 0 amide bonds. The lowest BCUT2D eigenvalue weighted by atomic mass is 10.1. The zero-order chi connectivity index (χ0) is 32.2. The van der Waals surface area contributed by atoms with Gasteiger partial charge >= 0.3 is 5.97 Å². The van der Waals surface area contributed by atoms with Crippen molar-refractivity contribution in [2.24, 2.45) is 0 Å². The van der Waals surface area contributed by atoms with Gasteiger partial charge in [0.2, 0.25) is 0 Å². The predicted octanol–water partition coefficient (Wildman–Crippen LogP) is 6.71. The molecule has 0 aliphatic heterocycles. The number of carbonyl (C=O) groups is 1. The molecule has 1 aromatic heterocycles. The summed E-state index contributed by atoms with van der Waals surface area (Å²) in [6, 6.07) is 21.9. The zero-order valence-corrected chi connectivity index (χ0v) is 27.0. The van der Waals surface area contributed by atoms with Crippen molar-refractivity contribution in [1.29, 1.82) is 0 Å². The number of unbranched alkanes of at least 4 members (excludes halogenated alkanes) is 1. The molecule has 0 aliphatic rings. The number of nitrogens with zero attached hydrogens (tertiary/aromatic N) is 3. The van der Waals surface area contributed by atoms with Crippen LogP contribution >= 0.6 is 23.2 Å². The quantitative estimate of drug-likeness (QED) is 0.103. The summed E-state index contributed by atoms with van der Waals surface area (Å²) in [6.45, 7) is 1.54. The number of hydrogen-bond acceptors (Lipinski definition) is 9. The molecule has 0 saturated carbocycles. The molecule has 0 bridgehead atoms. The minimum Gasteiger partial charge on any atom is -0.464 e. The first-order chi connectivity index (χ1) is 21.5. The molecule has 4 aromatic carbocycles. The van der Waals surface area contributed by atoms with E-state index in [0.29, 0.717) is 22.8 Å². The summed E-state index contributed by atoms with van der Waals surface area (Å²) < 4.78 is 64.6. The number of fused-ring (bicyclic) bond motifs is 1. The third kappa shape index (κ3) is 7.64. The van der Waals surface area contributed by atoms with Crippen LogP contribution in [0.5, 0.6) is 0 Å². The van der Waals surface area contributed by atoms with Gasteiger partial charge in [-0.15, -0.1) is 0 Å². The summed E-state index contributed by atoms with van der Waals surface area (Å²) in [5, 5.41) is 5.43. The molecule has 0 aliphatic carbocycles. The van der Waals surface area contributed by atoms with Crippen LogP contribution in [0.2, 0.25) is 10.0 Å². The van der Waals surface area contributed by atoms with Crippen molar-refractivity contribution in [2.45, 2.75) is 35.3 Å². The van der Waals surface area contributed by atoms with Crippen molar-refractivity contribution >= 4 is 65.5 Å². The normalized spacial score (nSPS) is 11.9. The van der Waals surface area contributed by atoms with E-state index in [0.717, 1.165) is 10.7 Å². The van der Waals surface area contributed by atoms with E-state index in [4.69, 9.17) is 32.5 Å². The number of sulfone groups is 1. The number of carbonyl (C=O) groups excluding carboxylic acids is 1. The Labute approximate surface area is 270 Å². The Morgan fingerprint density at radius 1 is 0.867 bits per heavy atom. The molecule has 0 fully saturated rings. The fourth-order valence-electron chi connectivity index (χ4n) is 4.45. The molecule has 1 heterocycles. The van der Waals surface area contributed by atoms with Gasteiger partial charge in [-0.1, -0.05) is 72.0 Å². The van der Waals surface area contributed by atoms with Crippen LogP contribution in [0.1, 0.15) is 25.6 Å².